The Morgan fingerprint density at radius 1 is 1.56 bits per heavy atom. The van der Waals surface area contributed by atoms with Crippen LogP contribution >= 0.6 is 11.6 Å². The monoisotopic (exact) mass is 267 g/mol. The molecule has 0 saturated carbocycles. The molecule has 1 unspecified atom stereocenters. The molecular formula is C14H18ClNO2. The molecule has 1 aliphatic heterocycles. The van der Waals surface area contributed by atoms with Crippen LogP contribution in [0.4, 0.5) is 5.69 Å². The van der Waals surface area contributed by atoms with Gasteiger partial charge in [0, 0.05) is 13.1 Å². The summed E-state index contributed by atoms with van der Waals surface area (Å²) in [7, 11) is 0. The first kappa shape index (κ1) is 13.2. The number of benzene rings is 1. The fraction of sp³-hybridized carbons (Fsp3) is 0.500. The van der Waals surface area contributed by atoms with Gasteiger partial charge in [0.2, 0.25) is 0 Å². The van der Waals surface area contributed by atoms with Gasteiger partial charge in [0.25, 0.3) is 0 Å². The summed E-state index contributed by atoms with van der Waals surface area (Å²) in [5.74, 6) is -0.273. The van der Waals surface area contributed by atoms with Crippen LogP contribution in [0.1, 0.15) is 36.5 Å². The maximum atomic E-state index is 11.3. The van der Waals surface area contributed by atoms with E-state index in [4.69, 9.17) is 11.6 Å². The second-order valence-electron chi connectivity index (χ2n) is 4.83. The highest BCUT2D eigenvalue weighted by Gasteiger charge is 2.26. The first-order valence-corrected chi connectivity index (χ1v) is 6.78. The van der Waals surface area contributed by atoms with Crippen LogP contribution in [0.25, 0.3) is 0 Å². The predicted molar refractivity (Wildman–Crippen MR) is 73.6 cm³/mol. The first-order chi connectivity index (χ1) is 8.63. The molecular weight excluding hydrogens is 250 g/mol. The van der Waals surface area contributed by atoms with E-state index in [1.54, 1.807) is 6.07 Å². The standard InChI is InChI=1S/C14H18ClNO2/c1-2-4-10-7-8-16(9-10)12-6-3-5-11(15)13(12)14(17)18/h3,5-6,10H,2,4,7-9H2,1H3,(H,17,18). The van der Waals surface area contributed by atoms with E-state index < -0.39 is 5.97 Å². The Labute approximate surface area is 112 Å². The summed E-state index contributed by atoms with van der Waals surface area (Å²) in [6.07, 6.45) is 3.53. The Kier molecular flexibility index (Phi) is 4.12. The maximum Gasteiger partial charge on any atom is 0.339 e. The van der Waals surface area contributed by atoms with E-state index in [0.717, 1.165) is 25.2 Å². The summed E-state index contributed by atoms with van der Waals surface area (Å²) in [5, 5.41) is 9.58. The molecule has 1 fully saturated rings. The Bertz CT molecular complexity index is 447. The van der Waals surface area contributed by atoms with Crippen molar-refractivity contribution in [3.05, 3.63) is 28.8 Å². The van der Waals surface area contributed by atoms with Crippen LogP contribution in [0, 0.1) is 5.92 Å². The molecule has 1 atom stereocenters. The van der Waals surface area contributed by atoms with Gasteiger partial charge in [0.05, 0.1) is 10.7 Å². The van der Waals surface area contributed by atoms with Gasteiger partial charge in [-0.1, -0.05) is 31.0 Å². The second-order valence-corrected chi connectivity index (χ2v) is 5.24. The van der Waals surface area contributed by atoms with E-state index in [9.17, 15) is 9.90 Å². The lowest BCUT2D eigenvalue weighted by molar-refractivity contribution is 0.0698. The normalized spacial score (nSPS) is 19.2. The van der Waals surface area contributed by atoms with Crippen molar-refractivity contribution in [1.82, 2.24) is 0 Å². The van der Waals surface area contributed by atoms with Crippen molar-refractivity contribution < 1.29 is 9.90 Å². The number of hydrogen-bond acceptors (Lipinski definition) is 2. The molecule has 2 rings (SSSR count). The third kappa shape index (κ3) is 2.61. The van der Waals surface area contributed by atoms with E-state index in [1.165, 1.54) is 12.8 Å². The summed E-state index contributed by atoms with van der Waals surface area (Å²) in [6.45, 7) is 4.05. The van der Waals surface area contributed by atoms with Crippen molar-refractivity contribution in [2.75, 3.05) is 18.0 Å². The summed E-state index contributed by atoms with van der Waals surface area (Å²) in [6, 6.07) is 5.30. The van der Waals surface area contributed by atoms with Crippen LogP contribution in [-0.4, -0.2) is 24.2 Å². The third-order valence-corrected chi connectivity index (χ3v) is 3.84. The van der Waals surface area contributed by atoms with E-state index in [-0.39, 0.29) is 5.56 Å². The minimum atomic E-state index is -0.949. The lowest BCUT2D eigenvalue weighted by atomic mass is 10.0. The Morgan fingerprint density at radius 3 is 3.00 bits per heavy atom. The maximum absolute atomic E-state index is 11.3. The average Bonchev–Trinajstić information content (AvgIpc) is 2.77. The number of anilines is 1. The summed E-state index contributed by atoms with van der Waals surface area (Å²) < 4.78 is 0. The Hall–Kier alpha value is -1.22. The molecule has 4 heteroatoms. The number of carboxylic acid groups (broad SMARTS) is 1. The van der Waals surface area contributed by atoms with Crippen molar-refractivity contribution in [2.24, 2.45) is 5.92 Å². The quantitative estimate of drug-likeness (QED) is 0.905. The van der Waals surface area contributed by atoms with Gasteiger partial charge in [0.15, 0.2) is 0 Å². The lowest BCUT2D eigenvalue weighted by Crippen LogP contribution is -2.22. The van der Waals surface area contributed by atoms with Crippen molar-refractivity contribution in [3.63, 3.8) is 0 Å². The topological polar surface area (TPSA) is 40.5 Å². The third-order valence-electron chi connectivity index (χ3n) is 3.53. The van der Waals surface area contributed by atoms with E-state index >= 15 is 0 Å². The SMILES string of the molecule is CCCC1CCN(c2cccc(Cl)c2C(=O)O)C1. The molecule has 1 aromatic rings. The number of aromatic carboxylic acids is 1. The zero-order valence-electron chi connectivity index (χ0n) is 10.5. The van der Waals surface area contributed by atoms with Gasteiger partial charge < -0.3 is 10.0 Å². The van der Waals surface area contributed by atoms with Crippen molar-refractivity contribution >= 4 is 23.3 Å². The van der Waals surface area contributed by atoms with Crippen LogP contribution in [0.3, 0.4) is 0 Å². The molecule has 1 aliphatic rings. The number of nitrogens with zero attached hydrogens (tertiary/aromatic N) is 1. The highest BCUT2D eigenvalue weighted by Crippen LogP contribution is 2.32. The van der Waals surface area contributed by atoms with Crippen molar-refractivity contribution in [1.29, 1.82) is 0 Å². The van der Waals surface area contributed by atoms with E-state index in [2.05, 4.69) is 11.8 Å². The van der Waals surface area contributed by atoms with Gasteiger partial charge in [-0.3, -0.25) is 0 Å². The van der Waals surface area contributed by atoms with Crippen LogP contribution in [0.2, 0.25) is 5.02 Å². The Balaban J connectivity index is 2.24. The van der Waals surface area contributed by atoms with Crippen molar-refractivity contribution in [2.45, 2.75) is 26.2 Å². The largest absolute Gasteiger partial charge is 0.478 e. The molecule has 18 heavy (non-hydrogen) atoms. The van der Waals surface area contributed by atoms with Crippen LogP contribution in [-0.2, 0) is 0 Å². The number of halogens is 1. The molecule has 0 radical (unpaired) electrons. The minimum absolute atomic E-state index is 0.233. The average molecular weight is 268 g/mol. The van der Waals surface area contributed by atoms with Gasteiger partial charge in [-0.05, 0) is 30.9 Å². The zero-order chi connectivity index (χ0) is 13.1. The Morgan fingerprint density at radius 2 is 2.33 bits per heavy atom. The molecule has 98 valence electrons. The second kappa shape index (κ2) is 5.61. The van der Waals surface area contributed by atoms with Crippen LogP contribution < -0.4 is 4.90 Å². The van der Waals surface area contributed by atoms with Gasteiger partial charge in [-0.25, -0.2) is 4.79 Å². The molecule has 1 aromatic carbocycles. The van der Waals surface area contributed by atoms with E-state index in [0.29, 0.717) is 10.9 Å². The number of carbonyl (C=O) groups is 1. The van der Waals surface area contributed by atoms with Gasteiger partial charge >= 0.3 is 5.97 Å². The summed E-state index contributed by atoms with van der Waals surface area (Å²) >= 11 is 5.99. The minimum Gasteiger partial charge on any atom is -0.478 e. The van der Waals surface area contributed by atoms with Crippen LogP contribution in [0.5, 0.6) is 0 Å². The van der Waals surface area contributed by atoms with Crippen molar-refractivity contribution in [3.8, 4) is 0 Å². The molecule has 0 bridgehead atoms. The molecule has 0 spiro atoms. The van der Waals surface area contributed by atoms with Gasteiger partial charge in [-0.2, -0.15) is 0 Å². The van der Waals surface area contributed by atoms with Crippen LogP contribution in [0.15, 0.2) is 18.2 Å². The fourth-order valence-corrected chi connectivity index (χ4v) is 2.93. The molecule has 3 nitrogen and oxygen atoms in total. The lowest BCUT2D eigenvalue weighted by Gasteiger charge is -2.21. The molecule has 0 amide bonds. The molecule has 0 aromatic heterocycles. The molecule has 1 N–H and O–H groups in total. The zero-order valence-corrected chi connectivity index (χ0v) is 11.3. The fourth-order valence-electron chi connectivity index (χ4n) is 2.68. The highest BCUT2D eigenvalue weighted by molar-refractivity contribution is 6.34. The number of hydrogen-bond donors (Lipinski definition) is 1. The van der Waals surface area contributed by atoms with Gasteiger partial charge in [-0.15, -0.1) is 0 Å². The number of rotatable bonds is 4. The smallest absolute Gasteiger partial charge is 0.339 e. The van der Waals surface area contributed by atoms with E-state index in [1.807, 2.05) is 12.1 Å². The number of carboxylic acids is 1. The first-order valence-electron chi connectivity index (χ1n) is 6.40. The van der Waals surface area contributed by atoms with Gasteiger partial charge in [0.1, 0.15) is 5.56 Å². The molecule has 0 aliphatic carbocycles. The molecule has 1 saturated heterocycles. The summed E-state index contributed by atoms with van der Waals surface area (Å²) in [4.78, 5) is 13.4. The predicted octanol–water partition coefficient (Wildman–Crippen LogP) is 3.66. The highest BCUT2D eigenvalue weighted by atomic mass is 35.5. The summed E-state index contributed by atoms with van der Waals surface area (Å²) in [5.41, 5.74) is 0.991. The molecule has 1 heterocycles.